The SMILES string of the molecule is CC1(C)CC(Nc2nnccc2C(N)=S)CC(C)(C)C1. The van der Waals surface area contributed by atoms with E-state index < -0.39 is 0 Å². The van der Waals surface area contributed by atoms with Crippen LogP contribution in [0.25, 0.3) is 0 Å². The van der Waals surface area contributed by atoms with Crippen LogP contribution in [0.2, 0.25) is 0 Å². The molecule has 0 radical (unpaired) electrons. The maximum absolute atomic E-state index is 5.75. The average Bonchev–Trinajstić information content (AvgIpc) is 2.24. The zero-order valence-electron chi connectivity index (χ0n) is 12.7. The molecule has 1 aromatic rings. The topological polar surface area (TPSA) is 63.8 Å². The maximum atomic E-state index is 5.75. The fourth-order valence-electron chi connectivity index (χ4n) is 3.78. The summed E-state index contributed by atoms with van der Waals surface area (Å²) in [5, 5.41) is 11.6. The normalized spacial score (nSPS) is 21.4. The Bertz CT molecular complexity index is 494. The van der Waals surface area contributed by atoms with E-state index >= 15 is 0 Å². The van der Waals surface area contributed by atoms with Gasteiger partial charge < -0.3 is 11.1 Å². The van der Waals surface area contributed by atoms with Gasteiger partial charge in [0, 0.05) is 6.04 Å². The van der Waals surface area contributed by atoms with Gasteiger partial charge >= 0.3 is 0 Å². The molecule has 0 saturated heterocycles. The van der Waals surface area contributed by atoms with E-state index in [9.17, 15) is 0 Å². The highest BCUT2D eigenvalue weighted by molar-refractivity contribution is 7.80. The van der Waals surface area contributed by atoms with Crippen LogP contribution in [0.5, 0.6) is 0 Å². The minimum Gasteiger partial charge on any atom is -0.389 e. The van der Waals surface area contributed by atoms with E-state index in [1.165, 1.54) is 6.42 Å². The molecule has 1 heterocycles. The summed E-state index contributed by atoms with van der Waals surface area (Å²) >= 11 is 5.08. The molecule has 1 aromatic heterocycles. The van der Waals surface area contributed by atoms with Gasteiger partial charge in [0.05, 0.1) is 11.8 Å². The van der Waals surface area contributed by atoms with E-state index in [0.29, 0.717) is 27.7 Å². The molecule has 0 amide bonds. The van der Waals surface area contributed by atoms with Crippen LogP contribution >= 0.6 is 12.2 Å². The number of rotatable bonds is 3. The summed E-state index contributed by atoms with van der Waals surface area (Å²) < 4.78 is 0. The molecule has 5 heteroatoms. The highest BCUT2D eigenvalue weighted by atomic mass is 32.1. The molecular formula is C15H24N4S. The molecule has 0 aromatic carbocycles. The fourth-order valence-corrected chi connectivity index (χ4v) is 3.94. The van der Waals surface area contributed by atoms with Gasteiger partial charge in [0.2, 0.25) is 0 Å². The number of aromatic nitrogens is 2. The third kappa shape index (κ3) is 3.66. The predicted molar refractivity (Wildman–Crippen MR) is 86.7 cm³/mol. The number of nitrogens with zero attached hydrogens (tertiary/aromatic N) is 2. The Morgan fingerprint density at radius 2 is 1.90 bits per heavy atom. The highest BCUT2D eigenvalue weighted by Gasteiger charge is 2.38. The second kappa shape index (κ2) is 5.28. The first-order chi connectivity index (χ1) is 9.19. The first kappa shape index (κ1) is 15.2. The van der Waals surface area contributed by atoms with Gasteiger partial charge in [-0.05, 0) is 36.2 Å². The zero-order valence-corrected chi connectivity index (χ0v) is 13.5. The van der Waals surface area contributed by atoms with Gasteiger partial charge in [-0.3, -0.25) is 0 Å². The lowest BCUT2D eigenvalue weighted by Gasteiger charge is -2.45. The molecule has 1 fully saturated rings. The Kier molecular flexibility index (Phi) is 4.00. The summed E-state index contributed by atoms with van der Waals surface area (Å²) in [6.07, 6.45) is 5.09. The van der Waals surface area contributed by atoms with E-state index in [1.807, 2.05) is 6.07 Å². The standard InChI is InChI=1S/C15H24N4S/c1-14(2)7-10(8-15(3,4)9-14)18-13-11(12(16)20)5-6-17-19-13/h5-6,10H,7-9H2,1-4H3,(H2,16,20)(H,18,19). The second-order valence-electron chi connectivity index (χ2n) is 7.41. The Morgan fingerprint density at radius 3 is 2.45 bits per heavy atom. The average molecular weight is 292 g/mol. The molecule has 2 rings (SSSR count). The quantitative estimate of drug-likeness (QED) is 0.838. The number of thiocarbonyl (C=S) groups is 1. The summed E-state index contributed by atoms with van der Waals surface area (Å²) in [7, 11) is 0. The van der Waals surface area contributed by atoms with E-state index in [2.05, 4.69) is 43.2 Å². The monoisotopic (exact) mass is 292 g/mol. The van der Waals surface area contributed by atoms with Crippen LogP contribution in [-0.2, 0) is 0 Å². The second-order valence-corrected chi connectivity index (χ2v) is 7.85. The minimum absolute atomic E-state index is 0.324. The molecule has 1 aliphatic carbocycles. The van der Waals surface area contributed by atoms with Gasteiger partial charge in [0.25, 0.3) is 0 Å². The molecule has 110 valence electrons. The Labute approximate surface area is 126 Å². The number of nitrogens with two attached hydrogens (primary N) is 1. The number of nitrogens with one attached hydrogen (secondary N) is 1. The lowest BCUT2D eigenvalue weighted by Crippen LogP contribution is -2.40. The first-order valence-corrected chi connectivity index (χ1v) is 7.47. The largest absolute Gasteiger partial charge is 0.389 e. The van der Waals surface area contributed by atoms with Crippen molar-refractivity contribution in [1.29, 1.82) is 0 Å². The summed E-state index contributed by atoms with van der Waals surface area (Å²) in [4.78, 5) is 0.358. The minimum atomic E-state index is 0.324. The predicted octanol–water partition coefficient (Wildman–Crippen LogP) is 3.13. The molecule has 4 nitrogen and oxygen atoms in total. The number of hydrogen-bond acceptors (Lipinski definition) is 4. The van der Waals surface area contributed by atoms with Gasteiger partial charge in [-0.25, -0.2) is 0 Å². The molecule has 20 heavy (non-hydrogen) atoms. The molecule has 0 atom stereocenters. The van der Waals surface area contributed by atoms with Crippen molar-refractivity contribution in [2.45, 2.75) is 53.0 Å². The third-order valence-electron chi connectivity index (χ3n) is 3.88. The van der Waals surface area contributed by atoms with E-state index in [-0.39, 0.29) is 0 Å². The van der Waals surface area contributed by atoms with Crippen molar-refractivity contribution in [2.75, 3.05) is 5.32 Å². The van der Waals surface area contributed by atoms with Crippen LogP contribution < -0.4 is 11.1 Å². The van der Waals surface area contributed by atoms with Gasteiger partial charge in [-0.1, -0.05) is 39.9 Å². The molecule has 3 N–H and O–H groups in total. The molecule has 1 saturated carbocycles. The van der Waals surface area contributed by atoms with Gasteiger partial charge in [-0.2, -0.15) is 5.10 Å². The molecular weight excluding hydrogens is 268 g/mol. The maximum Gasteiger partial charge on any atom is 0.159 e. The van der Waals surface area contributed by atoms with Crippen molar-refractivity contribution >= 4 is 23.0 Å². The first-order valence-electron chi connectivity index (χ1n) is 7.07. The smallest absolute Gasteiger partial charge is 0.159 e. The summed E-state index contributed by atoms with van der Waals surface area (Å²) in [6.45, 7) is 9.31. The van der Waals surface area contributed by atoms with Crippen LogP contribution in [0.4, 0.5) is 5.82 Å². The third-order valence-corrected chi connectivity index (χ3v) is 4.10. The van der Waals surface area contributed by atoms with E-state index in [1.54, 1.807) is 6.20 Å². The van der Waals surface area contributed by atoms with Crippen LogP contribution in [-0.4, -0.2) is 21.2 Å². The Morgan fingerprint density at radius 1 is 1.30 bits per heavy atom. The fraction of sp³-hybridized carbons (Fsp3) is 0.667. The molecule has 0 unspecified atom stereocenters. The van der Waals surface area contributed by atoms with E-state index in [4.69, 9.17) is 18.0 Å². The molecule has 0 aliphatic heterocycles. The van der Waals surface area contributed by atoms with Crippen molar-refractivity contribution in [3.05, 3.63) is 17.8 Å². The number of anilines is 1. The number of hydrogen-bond donors (Lipinski definition) is 2. The Balaban J connectivity index is 2.20. The van der Waals surface area contributed by atoms with Gasteiger partial charge in [0.1, 0.15) is 4.99 Å². The van der Waals surface area contributed by atoms with E-state index in [0.717, 1.165) is 18.4 Å². The van der Waals surface area contributed by atoms with Gasteiger partial charge in [0.15, 0.2) is 5.82 Å². The van der Waals surface area contributed by atoms with Crippen LogP contribution in [0, 0.1) is 10.8 Å². The van der Waals surface area contributed by atoms with Crippen molar-refractivity contribution in [1.82, 2.24) is 10.2 Å². The van der Waals surface area contributed by atoms with Crippen molar-refractivity contribution in [3.8, 4) is 0 Å². The van der Waals surface area contributed by atoms with Crippen LogP contribution in [0.15, 0.2) is 12.3 Å². The zero-order chi connectivity index (χ0) is 15.0. The van der Waals surface area contributed by atoms with Crippen molar-refractivity contribution in [3.63, 3.8) is 0 Å². The van der Waals surface area contributed by atoms with Crippen molar-refractivity contribution < 1.29 is 0 Å². The molecule has 1 aliphatic rings. The Hall–Kier alpha value is -1.23. The summed E-state index contributed by atoms with van der Waals surface area (Å²) in [6, 6.07) is 2.19. The lowest BCUT2D eigenvalue weighted by molar-refractivity contribution is 0.105. The summed E-state index contributed by atoms with van der Waals surface area (Å²) in [5.41, 5.74) is 7.17. The van der Waals surface area contributed by atoms with Crippen LogP contribution in [0.3, 0.4) is 0 Å². The summed E-state index contributed by atoms with van der Waals surface area (Å²) in [5.74, 6) is 0.707. The lowest BCUT2D eigenvalue weighted by atomic mass is 9.63. The van der Waals surface area contributed by atoms with Crippen molar-refractivity contribution in [2.24, 2.45) is 16.6 Å². The molecule has 0 spiro atoms. The van der Waals surface area contributed by atoms with Crippen LogP contribution in [0.1, 0.15) is 52.5 Å². The van der Waals surface area contributed by atoms with Gasteiger partial charge in [-0.15, -0.1) is 5.10 Å². The molecule has 0 bridgehead atoms. The highest BCUT2D eigenvalue weighted by Crippen LogP contribution is 2.46.